The predicted molar refractivity (Wildman–Crippen MR) is 85.7 cm³/mol. The summed E-state index contributed by atoms with van der Waals surface area (Å²) in [5, 5.41) is 0. The molecule has 128 valence electrons. The summed E-state index contributed by atoms with van der Waals surface area (Å²) in [4.78, 5) is 0. The minimum absolute atomic E-state index is 0.0924. The lowest BCUT2D eigenvalue weighted by atomic mass is 9.83. The van der Waals surface area contributed by atoms with Gasteiger partial charge in [-0.25, -0.2) is 12.8 Å². The van der Waals surface area contributed by atoms with Crippen molar-refractivity contribution in [2.45, 2.75) is 37.8 Å². The second-order valence-electron chi connectivity index (χ2n) is 6.43. The number of sulfonamides is 1. The Balaban J connectivity index is 1.79. The molecule has 0 saturated carbocycles. The molecule has 3 rings (SSSR count). The lowest BCUT2D eigenvalue weighted by Crippen LogP contribution is -2.42. The molecule has 2 saturated heterocycles. The van der Waals surface area contributed by atoms with Gasteiger partial charge in [0.2, 0.25) is 10.0 Å². The summed E-state index contributed by atoms with van der Waals surface area (Å²) in [6, 6.07) is 4.94. The number of benzene rings is 1. The van der Waals surface area contributed by atoms with Crippen LogP contribution in [0.1, 0.15) is 36.8 Å². The van der Waals surface area contributed by atoms with E-state index in [1.807, 2.05) is 6.07 Å². The van der Waals surface area contributed by atoms with E-state index in [9.17, 15) is 12.8 Å². The zero-order valence-corrected chi connectivity index (χ0v) is 13.9. The number of nitrogens with zero attached hydrogens (tertiary/aromatic N) is 1. The monoisotopic (exact) mass is 342 g/mol. The lowest BCUT2D eigenvalue weighted by Gasteiger charge is -2.34. The number of ether oxygens (including phenoxy) is 1. The van der Waals surface area contributed by atoms with Gasteiger partial charge in [-0.1, -0.05) is 12.1 Å². The van der Waals surface area contributed by atoms with Crippen molar-refractivity contribution in [2.75, 3.05) is 25.5 Å². The van der Waals surface area contributed by atoms with Gasteiger partial charge in [-0.15, -0.1) is 0 Å². The summed E-state index contributed by atoms with van der Waals surface area (Å²) in [6.07, 6.45) is 2.82. The van der Waals surface area contributed by atoms with Crippen molar-refractivity contribution in [1.82, 2.24) is 4.31 Å². The SMILES string of the molecule is NC1(c2ccc(CN3CCCCS3(=O)=O)c(F)c2)CCOCC1. The molecular weight excluding hydrogens is 319 g/mol. The van der Waals surface area contributed by atoms with Gasteiger partial charge in [-0.05, 0) is 37.3 Å². The van der Waals surface area contributed by atoms with Crippen molar-refractivity contribution in [3.63, 3.8) is 0 Å². The maximum Gasteiger partial charge on any atom is 0.214 e. The van der Waals surface area contributed by atoms with Gasteiger partial charge in [0.15, 0.2) is 0 Å². The number of halogens is 1. The molecule has 2 aliphatic rings. The van der Waals surface area contributed by atoms with Gasteiger partial charge in [-0.2, -0.15) is 4.31 Å². The van der Waals surface area contributed by atoms with E-state index in [4.69, 9.17) is 10.5 Å². The number of hydrogen-bond acceptors (Lipinski definition) is 4. The predicted octanol–water partition coefficient (Wildman–Crippen LogP) is 1.72. The van der Waals surface area contributed by atoms with E-state index in [0.717, 1.165) is 12.0 Å². The Morgan fingerprint density at radius 3 is 2.65 bits per heavy atom. The van der Waals surface area contributed by atoms with Crippen LogP contribution in [0.3, 0.4) is 0 Å². The highest BCUT2D eigenvalue weighted by Crippen LogP contribution is 2.31. The number of rotatable bonds is 3. The van der Waals surface area contributed by atoms with E-state index >= 15 is 0 Å². The zero-order valence-electron chi connectivity index (χ0n) is 13.1. The number of hydrogen-bond donors (Lipinski definition) is 1. The topological polar surface area (TPSA) is 72.6 Å². The van der Waals surface area contributed by atoms with Crippen LogP contribution in [-0.4, -0.2) is 38.2 Å². The molecule has 0 radical (unpaired) electrons. The molecule has 2 N–H and O–H groups in total. The summed E-state index contributed by atoms with van der Waals surface area (Å²) in [5.74, 6) is -0.238. The molecule has 0 aliphatic carbocycles. The van der Waals surface area contributed by atoms with Gasteiger partial charge in [0.1, 0.15) is 5.82 Å². The first-order valence-electron chi connectivity index (χ1n) is 8.04. The van der Waals surface area contributed by atoms with Crippen molar-refractivity contribution in [3.8, 4) is 0 Å². The first-order chi connectivity index (χ1) is 10.9. The Hall–Kier alpha value is -1.02. The van der Waals surface area contributed by atoms with Crippen LogP contribution >= 0.6 is 0 Å². The van der Waals surface area contributed by atoms with Crippen LogP contribution in [0.25, 0.3) is 0 Å². The molecule has 0 spiro atoms. The molecular formula is C16H23FN2O3S. The van der Waals surface area contributed by atoms with Crippen molar-refractivity contribution in [1.29, 1.82) is 0 Å². The highest BCUT2D eigenvalue weighted by molar-refractivity contribution is 7.89. The van der Waals surface area contributed by atoms with Gasteiger partial charge in [-0.3, -0.25) is 0 Å². The number of nitrogens with two attached hydrogens (primary N) is 1. The Kier molecular flexibility index (Phi) is 4.73. The zero-order chi connectivity index (χ0) is 16.5. The fourth-order valence-electron chi connectivity index (χ4n) is 3.22. The summed E-state index contributed by atoms with van der Waals surface area (Å²) < 4.78 is 45.2. The van der Waals surface area contributed by atoms with E-state index in [2.05, 4.69) is 0 Å². The van der Waals surface area contributed by atoms with Crippen LogP contribution in [0, 0.1) is 5.82 Å². The molecule has 2 heterocycles. The van der Waals surface area contributed by atoms with Gasteiger partial charge in [0.25, 0.3) is 0 Å². The van der Waals surface area contributed by atoms with Gasteiger partial charge in [0.05, 0.1) is 5.75 Å². The highest BCUT2D eigenvalue weighted by atomic mass is 32.2. The lowest BCUT2D eigenvalue weighted by molar-refractivity contribution is 0.0521. The molecule has 0 aromatic heterocycles. The van der Waals surface area contributed by atoms with E-state index in [0.29, 0.717) is 44.6 Å². The summed E-state index contributed by atoms with van der Waals surface area (Å²) in [7, 11) is -3.26. The Morgan fingerprint density at radius 2 is 2.00 bits per heavy atom. The van der Waals surface area contributed by atoms with Crippen molar-refractivity contribution in [2.24, 2.45) is 5.73 Å². The standard InChI is InChI=1S/C16H23FN2O3S/c17-15-11-14(16(18)5-8-22-9-6-16)4-3-13(15)12-19-7-1-2-10-23(19,20)21/h3-4,11H,1-2,5-10,12,18H2. The Morgan fingerprint density at radius 1 is 1.26 bits per heavy atom. The molecule has 0 amide bonds. The van der Waals surface area contributed by atoms with E-state index < -0.39 is 15.6 Å². The third kappa shape index (κ3) is 3.57. The molecule has 2 fully saturated rings. The van der Waals surface area contributed by atoms with Gasteiger partial charge < -0.3 is 10.5 Å². The highest BCUT2D eigenvalue weighted by Gasteiger charge is 2.31. The van der Waals surface area contributed by atoms with Gasteiger partial charge >= 0.3 is 0 Å². The average molecular weight is 342 g/mol. The van der Waals surface area contributed by atoms with E-state index in [1.165, 1.54) is 10.4 Å². The molecule has 1 aromatic rings. The van der Waals surface area contributed by atoms with Crippen molar-refractivity contribution < 1.29 is 17.5 Å². The molecule has 0 atom stereocenters. The fourth-order valence-corrected chi connectivity index (χ4v) is 4.79. The van der Waals surface area contributed by atoms with Crippen molar-refractivity contribution >= 4 is 10.0 Å². The molecule has 0 unspecified atom stereocenters. The van der Waals surface area contributed by atoms with Gasteiger partial charge in [0, 0.05) is 37.4 Å². The third-order valence-corrected chi connectivity index (χ3v) is 6.72. The Labute approximate surface area is 136 Å². The second kappa shape index (κ2) is 6.47. The van der Waals surface area contributed by atoms with E-state index in [1.54, 1.807) is 6.07 Å². The maximum absolute atomic E-state index is 14.5. The normalized spacial score (nSPS) is 24.4. The maximum atomic E-state index is 14.5. The van der Waals surface area contributed by atoms with Crippen molar-refractivity contribution in [3.05, 3.63) is 35.1 Å². The van der Waals surface area contributed by atoms with Crippen LogP contribution in [0.15, 0.2) is 18.2 Å². The minimum Gasteiger partial charge on any atom is -0.381 e. The van der Waals surface area contributed by atoms with E-state index in [-0.39, 0.29) is 18.1 Å². The quantitative estimate of drug-likeness (QED) is 0.908. The van der Waals surface area contributed by atoms with Crippen LogP contribution in [0.5, 0.6) is 0 Å². The molecule has 1 aromatic carbocycles. The summed E-state index contributed by atoms with van der Waals surface area (Å²) in [6.45, 7) is 1.70. The molecule has 0 bridgehead atoms. The molecule has 2 aliphatic heterocycles. The second-order valence-corrected chi connectivity index (χ2v) is 8.52. The van der Waals surface area contributed by atoms with Crippen LogP contribution in [-0.2, 0) is 26.8 Å². The largest absolute Gasteiger partial charge is 0.381 e. The van der Waals surface area contributed by atoms with Crippen LogP contribution < -0.4 is 5.73 Å². The van der Waals surface area contributed by atoms with Crippen LogP contribution in [0.4, 0.5) is 4.39 Å². The Bertz CT molecular complexity index is 672. The molecule has 23 heavy (non-hydrogen) atoms. The summed E-state index contributed by atoms with van der Waals surface area (Å²) in [5.41, 5.74) is 6.96. The molecule has 7 heteroatoms. The third-order valence-electron chi connectivity index (χ3n) is 4.81. The fraction of sp³-hybridized carbons (Fsp3) is 0.625. The summed E-state index contributed by atoms with van der Waals surface area (Å²) >= 11 is 0. The average Bonchev–Trinajstić information content (AvgIpc) is 2.51. The first-order valence-corrected chi connectivity index (χ1v) is 9.65. The first kappa shape index (κ1) is 16.8. The smallest absolute Gasteiger partial charge is 0.214 e. The van der Waals surface area contributed by atoms with Crippen LogP contribution in [0.2, 0.25) is 0 Å². The minimum atomic E-state index is -3.26. The molecule has 5 nitrogen and oxygen atoms in total.